The summed E-state index contributed by atoms with van der Waals surface area (Å²) in [5, 5.41) is 0. The highest BCUT2D eigenvalue weighted by molar-refractivity contribution is 5.86. The van der Waals surface area contributed by atoms with Gasteiger partial charge in [-0.3, -0.25) is 4.79 Å². The van der Waals surface area contributed by atoms with Gasteiger partial charge in [0.1, 0.15) is 5.78 Å². The summed E-state index contributed by atoms with van der Waals surface area (Å²) in [6, 6.07) is 0. The van der Waals surface area contributed by atoms with Gasteiger partial charge in [0, 0.05) is 24.4 Å². The minimum absolute atomic E-state index is 0.0368. The van der Waals surface area contributed by atoms with Crippen molar-refractivity contribution in [1.82, 2.24) is 0 Å². The lowest BCUT2D eigenvalue weighted by molar-refractivity contribution is -0.139. The Morgan fingerprint density at radius 2 is 1.88 bits per heavy atom. The van der Waals surface area contributed by atoms with Crippen LogP contribution < -0.4 is 0 Å². The summed E-state index contributed by atoms with van der Waals surface area (Å²) in [5.41, 5.74) is -0.495. The molecule has 0 aliphatic heterocycles. The summed E-state index contributed by atoms with van der Waals surface area (Å²) in [6.45, 7) is 5.48. The third kappa shape index (κ3) is 3.47. The van der Waals surface area contributed by atoms with Crippen molar-refractivity contribution in [1.29, 1.82) is 0 Å². The zero-order chi connectivity index (χ0) is 13.2. The van der Waals surface area contributed by atoms with Gasteiger partial charge in [0.15, 0.2) is 0 Å². The smallest absolute Gasteiger partial charge is 0.241 e. The first-order valence-corrected chi connectivity index (χ1v) is 6.12. The standard InChI is InChI=1S/C13H22F2O2/c1-13(2,3)11(16)9-7-8(12(14)15)5-6-10(9)17-4/h8-10,12H,5-7H2,1-4H3. The Labute approximate surface area is 102 Å². The molecular weight excluding hydrogens is 226 g/mol. The molecule has 0 aromatic carbocycles. The highest BCUT2D eigenvalue weighted by Gasteiger charge is 2.41. The van der Waals surface area contributed by atoms with Gasteiger partial charge < -0.3 is 4.74 Å². The molecule has 1 saturated carbocycles. The first-order valence-electron chi connectivity index (χ1n) is 6.12. The van der Waals surface area contributed by atoms with Gasteiger partial charge >= 0.3 is 0 Å². The Morgan fingerprint density at radius 1 is 1.29 bits per heavy atom. The number of ether oxygens (including phenoxy) is 1. The molecule has 0 aromatic heterocycles. The van der Waals surface area contributed by atoms with E-state index in [9.17, 15) is 13.6 Å². The van der Waals surface area contributed by atoms with E-state index in [-0.39, 0.29) is 24.2 Å². The highest BCUT2D eigenvalue weighted by atomic mass is 19.3. The van der Waals surface area contributed by atoms with Crippen LogP contribution in [0.1, 0.15) is 40.0 Å². The average molecular weight is 248 g/mol. The Morgan fingerprint density at radius 3 is 2.29 bits per heavy atom. The van der Waals surface area contributed by atoms with Gasteiger partial charge in [-0.25, -0.2) is 8.78 Å². The van der Waals surface area contributed by atoms with Crippen molar-refractivity contribution < 1.29 is 18.3 Å². The molecule has 17 heavy (non-hydrogen) atoms. The molecule has 1 aliphatic carbocycles. The number of hydrogen-bond donors (Lipinski definition) is 0. The molecule has 3 unspecified atom stereocenters. The SMILES string of the molecule is COC1CCC(C(F)F)CC1C(=O)C(C)(C)C. The van der Waals surface area contributed by atoms with Gasteiger partial charge in [-0.2, -0.15) is 0 Å². The van der Waals surface area contributed by atoms with E-state index in [4.69, 9.17) is 4.74 Å². The molecule has 0 heterocycles. The summed E-state index contributed by atoms with van der Waals surface area (Å²) in [4.78, 5) is 12.2. The van der Waals surface area contributed by atoms with Crippen molar-refractivity contribution in [3.63, 3.8) is 0 Å². The van der Waals surface area contributed by atoms with Crippen molar-refractivity contribution in [3.05, 3.63) is 0 Å². The molecule has 0 radical (unpaired) electrons. The van der Waals surface area contributed by atoms with Crippen molar-refractivity contribution in [3.8, 4) is 0 Å². The fourth-order valence-electron chi connectivity index (χ4n) is 2.52. The molecule has 0 saturated heterocycles. The number of carbonyl (C=O) groups is 1. The molecule has 1 aliphatic rings. The Hall–Kier alpha value is -0.510. The van der Waals surface area contributed by atoms with Crippen LogP contribution in [0, 0.1) is 17.3 Å². The van der Waals surface area contributed by atoms with Crippen LogP contribution in [0.25, 0.3) is 0 Å². The number of carbonyl (C=O) groups excluding carboxylic acids is 1. The quantitative estimate of drug-likeness (QED) is 0.766. The molecule has 2 nitrogen and oxygen atoms in total. The molecule has 3 atom stereocenters. The Bertz CT molecular complexity index is 271. The molecular formula is C13H22F2O2. The Balaban J connectivity index is 2.80. The molecule has 1 rings (SSSR count). The lowest BCUT2D eigenvalue weighted by Crippen LogP contribution is -2.42. The number of hydrogen-bond acceptors (Lipinski definition) is 2. The summed E-state index contributed by atoms with van der Waals surface area (Å²) < 4.78 is 30.7. The summed E-state index contributed by atoms with van der Waals surface area (Å²) in [6.07, 6.45) is -1.27. The molecule has 0 aromatic rings. The van der Waals surface area contributed by atoms with Crippen LogP contribution >= 0.6 is 0 Å². The molecule has 0 amide bonds. The highest BCUT2D eigenvalue weighted by Crippen LogP contribution is 2.38. The Kier molecular flexibility index (Phi) is 4.64. The fourth-order valence-corrected chi connectivity index (χ4v) is 2.52. The molecule has 4 heteroatoms. The predicted octanol–water partition coefficient (Wildman–Crippen LogP) is 3.30. The van der Waals surface area contributed by atoms with Crippen LogP contribution in [0.5, 0.6) is 0 Å². The molecule has 100 valence electrons. The van der Waals surface area contributed by atoms with Crippen molar-refractivity contribution in [2.75, 3.05) is 7.11 Å². The maximum Gasteiger partial charge on any atom is 0.241 e. The van der Waals surface area contributed by atoms with Gasteiger partial charge in [-0.15, -0.1) is 0 Å². The van der Waals surface area contributed by atoms with Crippen LogP contribution in [0.4, 0.5) is 8.78 Å². The number of rotatable bonds is 3. The lowest BCUT2D eigenvalue weighted by Gasteiger charge is -2.37. The second-order valence-electron chi connectivity index (χ2n) is 5.90. The van der Waals surface area contributed by atoms with E-state index < -0.39 is 17.8 Å². The van der Waals surface area contributed by atoms with Crippen LogP contribution in [0.2, 0.25) is 0 Å². The van der Waals surface area contributed by atoms with Gasteiger partial charge in [0.05, 0.1) is 6.10 Å². The second kappa shape index (κ2) is 5.42. The minimum Gasteiger partial charge on any atom is -0.381 e. The van der Waals surface area contributed by atoms with Crippen LogP contribution in [0.3, 0.4) is 0 Å². The van der Waals surface area contributed by atoms with Crippen LogP contribution in [-0.2, 0) is 9.53 Å². The van der Waals surface area contributed by atoms with E-state index in [1.54, 1.807) is 7.11 Å². The first kappa shape index (κ1) is 14.6. The molecule has 0 bridgehead atoms. The van der Waals surface area contributed by atoms with E-state index in [0.717, 1.165) is 0 Å². The topological polar surface area (TPSA) is 26.3 Å². The van der Waals surface area contributed by atoms with Gasteiger partial charge in [0.2, 0.25) is 6.43 Å². The number of alkyl halides is 2. The summed E-state index contributed by atoms with van der Waals surface area (Å²) in [5.74, 6) is -1.000. The van der Waals surface area contributed by atoms with Gasteiger partial charge in [-0.05, 0) is 19.3 Å². The van der Waals surface area contributed by atoms with E-state index in [2.05, 4.69) is 0 Å². The molecule has 0 N–H and O–H groups in total. The maximum atomic E-state index is 12.7. The van der Waals surface area contributed by atoms with E-state index in [1.165, 1.54) is 0 Å². The summed E-state index contributed by atoms with van der Waals surface area (Å²) in [7, 11) is 1.55. The van der Waals surface area contributed by atoms with E-state index in [1.807, 2.05) is 20.8 Å². The van der Waals surface area contributed by atoms with Gasteiger partial charge in [0.25, 0.3) is 0 Å². The second-order valence-corrected chi connectivity index (χ2v) is 5.90. The fraction of sp³-hybridized carbons (Fsp3) is 0.923. The van der Waals surface area contributed by atoms with Gasteiger partial charge in [-0.1, -0.05) is 20.8 Å². The zero-order valence-electron chi connectivity index (χ0n) is 11.0. The van der Waals surface area contributed by atoms with Crippen LogP contribution in [0.15, 0.2) is 0 Å². The number of Topliss-reactive ketones (excluding diaryl/α,β-unsaturated/α-hetero) is 1. The zero-order valence-corrected chi connectivity index (χ0v) is 11.0. The minimum atomic E-state index is -2.33. The number of methoxy groups -OCH3 is 1. The van der Waals surface area contributed by atoms with Crippen molar-refractivity contribution in [2.45, 2.75) is 52.6 Å². The first-order chi connectivity index (χ1) is 7.77. The molecule has 1 fully saturated rings. The van der Waals surface area contributed by atoms with Crippen molar-refractivity contribution in [2.24, 2.45) is 17.3 Å². The van der Waals surface area contributed by atoms with Crippen molar-refractivity contribution >= 4 is 5.78 Å². The molecule has 0 spiro atoms. The number of halogens is 2. The number of ketones is 1. The largest absolute Gasteiger partial charge is 0.381 e. The van der Waals surface area contributed by atoms with Crippen LogP contribution in [-0.4, -0.2) is 25.4 Å². The summed E-state index contributed by atoms with van der Waals surface area (Å²) >= 11 is 0. The van der Waals surface area contributed by atoms with E-state index in [0.29, 0.717) is 12.8 Å². The lowest BCUT2D eigenvalue weighted by atomic mass is 9.71. The normalized spacial score (nSPS) is 30.6. The average Bonchev–Trinajstić information content (AvgIpc) is 2.25. The monoisotopic (exact) mass is 248 g/mol. The predicted molar refractivity (Wildman–Crippen MR) is 62.1 cm³/mol. The van der Waals surface area contributed by atoms with E-state index >= 15 is 0 Å². The maximum absolute atomic E-state index is 12.7. The third-order valence-corrected chi connectivity index (χ3v) is 3.56. The third-order valence-electron chi connectivity index (χ3n) is 3.56.